The van der Waals surface area contributed by atoms with Gasteiger partial charge in [0.2, 0.25) is 5.91 Å². The number of aliphatic hydroxyl groups excluding tert-OH is 2. The summed E-state index contributed by atoms with van der Waals surface area (Å²) >= 11 is 0. The minimum Gasteiger partial charge on any atom is -0.466 e. The zero-order valence-corrected chi connectivity index (χ0v) is 45.0. The van der Waals surface area contributed by atoms with Gasteiger partial charge in [0.15, 0.2) is 0 Å². The van der Waals surface area contributed by atoms with E-state index in [0.717, 1.165) is 51.4 Å². The van der Waals surface area contributed by atoms with Crippen molar-refractivity contribution in [3.05, 3.63) is 0 Å². The van der Waals surface area contributed by atoms with Crippen molar-refractivity contribution in [3.63, 3.8) is 0 Å². The van der Waals surface area contributed by atoms with E-state index in [2.05, 4.69) is 19.2 Å². The van der Waals surface area contributed by atoms with Crippen LogP contribution in [-0.4, -0.2) is 47.4 Å². The van der Waals surface area contributed by atoms with Gasteiger partial charge in [-0.15, -0.1) is 0 Å². The van der Waals surface area contributed by atoms with Crippen molar-refractivity contribution < 1.29 is 24.5 Å². The van der Waals surface area contributed by atoms with Crippen LogP contribution in [0.4, 0.5) is 0 Å². The minimum absolute atomic E-state index is 0.00383. The predicted molar refractivity (Wildman–Crippen MR) is 287 cm³/mol. The largest absolute Gasteiger partial charge is 0.466 e. The van der Waals surface area contributed by atoms with Gasteiger partial charge in [0.05, 0.1) is 25.4 Å². The molecule has 0 aromatic carbocycles. The molecule has 0 aromatic heterocycles. The average molecular weight is 935 g/mol. The van der Waals surface area contributed by atoms with Gasteiger partial charge in [-0.05, 0) is 25.7 Å². The molecular formula is C60H119NO5. The summed E-state index contributed by atoms with van der Waals surface area (Å²) < 4.78 is 5.49. The SMILES string of the molecule is CCCCCCCCCCCCCCCCCCCCCC(=O)OCCCCCCCCCCCCCCCCC(=O)NC(CO)C(O)CCCCCCCCCCCCCCCCCC. The van der Waals surface area contributed by atoms with Crippen molar-refractivity contribution >= 4 is 11.9 Å². The normalized spacial score (nSPS) is 12.5. The van der Waals surface area contributed by atoms with Gasteiger partial charge in [0.25, 0.3) is 0 Å². The summed E-state index contributed by atoms with van der Waals surface area (Å²) in [7, 11) is 0. The number of aliphatic hydroxyl groups is 2. The predicted octanol–water partition coefficient (Wildman–Crippen LogP) is 18.7. The number of rotatable bonds is 57. The second-order valence-corrected chi connectivity index (χ2v) is 21.1. The summed E-state index contributed by atoms with van der Waals surface area (Å²) in [4.78, 5) is 24.6. The molecule has 0 rings (SSSR count). The molecule has 0 bridgehead atoms. The lowest BCUT2D eigenvalue weighted by Gasteiger charge is -2.22. The molecule has 6 nitrogen and oxygen atoms in total. The van der Waals surface area contributed by atoms with Gasteiger partial charge in [0, 0.05) is 12.8 Å². The number of amides is 1. The van der Waals surface area contributed by atoms with Gasteiger partial charge >= 0.3 is 5.97 Å². The average Bonchev–Trinajstić information content (AvgIpc) is 3.32. The van der Waals surface area contributed by atoms with Crippen LogP contribution in [0.3, 0.4) is 0 Å². The van der Waals surface area contributed by atoms with E-state index >= 15 is 0 Å². The molecule has 0 saturated carbocycles. The first-order chi connectivity index (χ1) is 32.5. The summed E-state index contributed by atoms with van der Waals surface area (Å²) in [5.41, 5.74) is 0. The zero-order chi connectivity index (χ0) is 47.9. The Morgan fingerprint density at radius 1 is 0.364 bits per heavy atom. The molecule has 2 atom stereocenters. The fourth-order valence-corrected chi connectivity index (χ4v) is 9.76. The van der Waals surface area contributed by atoms with Gasteiger partial charge < -0.3 is 20.3 Å². The Labute approximate surface area is 413 Å². The van der Waals surface area contributed by atoms with E-state index in [4.69, 9.17) is 4.74 Å². The topological polar surface area (TPSA) is 95.9 Å². The Bertz CT molecular complexity index is 944. The van der Waals surface area contributed by atoms with Crippen LogP contribution >= 0.6 is 0 Å². The summed E-state index contributed by atoms with van der Waals surface area (Å²) in [6, 6.07) is -0.548. The molecule has 2 unspecified atom stereocenters. The lowest BCUT2D eigenvalue weighted by atomic mass is 10.0. The number of unbranched alkanes of at least 4 members (excludes halogenated alkanes) is 46. The Balaban J connectivity index is 3.39. The number of carbonyl (C=O) groups is 2. The van der Waals surface area contributed by atoms with E-state index in [-0.39, 0.29) is 18.5 Å². The van der Waals surface area contributed by atoms with Crippen molar-refractivity contribution in [2.24, 2.45) is 0 Å². The first-order valence-corrected chi connectivity index (χ1v) is 30.3. The fraction of sp³-hybridized carbons (Fsp3) is 0.967. The van der Waals surface area contributed by atoms with E-state index in [1.165, 1.54) is 263 Å². The van der Waals surface area contributed by atoms with Gasteiger partial charge in [-0.2, -0.15) is 0 Å². The molecule has 0 heterocycles. The Hall–Kier alpha value is -1.14. The molecule has 394 valence electrons. The van der Waals surface area contributed by atoms with Crippen molar-refractivity contribution in [3.8, 4) is 0 Å². The summed E-state index contributed by atoms with van der Waals surface area (Å²) in [6.07, 6.45) is 65.2. The molecule has 0 aliphatic heterocycles. The molecule has 6 heteroatoms. The van der Waals surface area contributed by atoms with Crippen LogP contribution in [-0.2, 0) is 14.3 Å². The standard InChI is InChI=1S/C60H119NO5/c1-3-5-7-9-11-13-15-17-19-21-22-23-25-30-34-38-42-46-50-54-60(65)66-55-51-47-43-39-35-31-27-26-29-33-37-41-45-49-53-59(64)61-57(56-62)58(63)52-48-44-40-36-32-28-24-20-18-16-14-12-10-8-6-4-2/h57-58,62-63H,3-56H2,1-2H3,(H,61,64). The second-order valence-electron chi connectivity index (χ2n) is 21.1. The van der Waals surface area contributed by atoms with Crippen molar-refractivity contribution in [1.82, 2.24) is 5.32 Å². The molecule has 1 amide bonds. The molecule has 0 aromatic rings. The molecule has 66 heavy (non-hydrogen) atoms. The maximum Gasteiger partial charge on any atom is 0.305 e. The van der Waals surface area contributed by atoms with Crippen LogP contribution in [0.25, 0.3) is 0 Å². The maximum absolute atomic E-state index is 12.5. The van der Waals surface area contributed by atoms with Crippen LogP contribution in [0, 0.1) is 0 Å². The van der Waals surface area contributed by atoms with Crippen molar-refractivity contribution in [2.75, 3.05) is 13.2 Å². The van der Waals surface area contributed by atoms with Crippen LogP contribution in [0.2, 0.25) is 0 Å². The van der Waals surface area contributed by atoms with E-state index in [1.54, 1.807) is 0 Å². The van der Waals surface area contributed by atoms with Gasteiger partial charge in [-0.25, -0.2) is 0 Å². The molecule has 0 aliphatic rings. The number of hydrogen-bond donors (Lipinski definition) is 3. The third-order valence-corrected chi connectivity index (χ3v) is 14.4. The highest BCUT2D eigenvalue weighted by Gasteiger charge is 2.20. The van der Waals surface area contributed by atoms with Crippen LogP contribution in [0.15, 0.2) is 0 Å². The Morgan fingerprint density at radius 2 is 0.621 bits per heavy atom. The van der Waals surface area contributed by atoms with Gasteiger partial charge in [0.1, 0.15) is 0 Å². The molecule has 0 aliphatic carbocycles. The van der Waals surface area contributed by atoms with E-state index < -0.39 is 12.1 Å². The first-order valence-electron chi connectivity index (χ1n) is 30.3. The molecule has 0 radical (unpaired) electrons. The number of hydrogen-bond acceptors (Lipinski definition) is 5. The lowest BCUT2D eigenvalue weighted by Crippen LogP contribution is -2.45. The number of ether oxygens (including phenoxy) is 1. The third-order valence-electron chi connectivity index (χ3n) is 14.4. The highest BCUT2D eigenvalue weighted by Crippen LogP contribution is 2.18. The first kappa shape index (κ1) is 64.9. The quantitative estimate of drug-likeness (QED) is 0.0417. The summed E-state index contributed by atoms with van der Waals surface area (Å²) in [6.45, 7) is 4.97. The van der Waals surface area contributed by atoms with Crippen LogP contribution in [0.1, 0.15) is 348 Å². The zero-order valence-electron chi connectivity index (χ0n) is 45.0. The van der Waals surface area contributed by atoms with E-state index in [9.17, 15) is 19.8 Å². The summed E-state index contributed by atoms with van der Waals surface area (Å²) in [5, 5.41) is 23.3. The van der Waals surface area contributed by atoms with Crippen molar-refractivity contribution in [1.29, 1.82) is 0 Å². The summed E-state index contributed by atoms with van der Waals surface area (Å²) in [5.74, 6) is -0.0380. The number of carbonyl (C=O) groups excluding carboxylic acids is 2. The minimum atomic E-state index is -0.670. The molecule has 0 fully saturated rings. The molecule has 3 N–H and O–H groups in total. The molecule has 0 saturated heterocycles. The molecular weight excluding hydrogens is 815 g/mol. The monoisotopic (exact) mass is 934 g/mol. The third kappa shape index (κ3) is 52.2. The van der Waals surface area contributed by atoms with Crippen molar-refractivity contribution in [2.45, 2.75) is 360 Å². The molecule has 0 spiro atoms. The highest BCUT2D eigenvalue weighted by molar-refractivity contribution is 5.76. The number of esters is 1. The smallest absolute Gasteiger partial charge is 0.305 e. The van der Waals surface area contributed by atoms with Crippen LogP contribution < -0.4 is 5.32 Å². The number of nitrogens with one attached hydrogen (secondary N) is 1. The van der Waals surface area contributed by atoms with Crippen LogP contribution in [0.5, 0.6) is 0 Å². The van der Waals surface area contributed by atoms with Gasteiger partial charge in [-0.1, -0.05) is 309 Å². The van der Waals surface area contributed by atoms with E-state index in [0.29, 0.717) is 25.9 Å². The van der Waals surface area contributed by atoms with E-state index in [1.807, 2.05) is 0 Å². The lowest BCUT2D eigenvalue weighted by molar-refractivity contribution is -0.143. The van der Waals surface area contributed by atoms with Gasteiger partial charge in [-0.3, -0.25) is 9.59 Å². The maximum atomic E-state index is 12.5. The Kier molecular flexibility index (Phi) is 55.5. The Morgan fingerprint density at radius 3 is 0.924 bits per heavy atom. The fourth-order valence-electron chi connectivity index (χ4n) is 9.76. The highest BCUT2D eigenvalue weighted by atomic mass is 16.5. The second kappa shape index (κ2) is 56.4.